The van der Waals surface area contributed by atoms with Crippen LogP contribution < -0.4 is 10.6 Å². The van der Waals surface area contributed by atoms with Crippen molar-refractivity contribution in [3.63, 3.8) is 0 Å². The van der Waals surface area contributed by atoms with Crippen LogP contribution >= 0.6 is 7.92 Å². The largest absolute Gasteiger partial charge is 0.0920 e. The molecule has 96 valence electrons. The van der Waals surface area contributed by atoms with Crippen molar-refractivity contribution in [1.82, 2.24) is 0 Å². The molecule has 1 heteroatoms. The van der Waals surface area contributed by atoms with Gasteiger partial charge in [0.15, 0.2) is 0 Å². The van der Waals surface area contributed by atoms with Gasteiger partial charge in [-0.15, -0.1) is 0 Å². The van der Waals surface area contributed by atoms with Crippen molar-refractivity contribution in [3.05, 3.63) is 60.7 Å². The molecule has 0 atom stereocenters. The molecular weight excluding hydrogens is 247 g/mol. The molecular formula is C18H19P. The van der Waals surface area contributed by atoms with Gasteiger partial charge in [0, 0.05) is 13.3 Å². The van der Waals surface area contributed by atoms with Crippen LogP contribution in [0.1, 0.15) is 20.8 Å². The number of rotatable bonds is 2. The second-order valence-electron chi connectivity index (χ2n) is 5.49. The van der Waals surface area contributed by atoms with E-state index < -0.39 is 7.92 Å². The van der Waals surface area contributed by atoms with Crippen LogP contribution in [-0.2, 0) is 0 Å². The molecule has 0 aliphatic rings. The van der Waals surface area contributed by atoms with Crippen molar-refractivity contribution >= 4 is 18.5 Å². The monoisotopic (exact) mass is 266 g/mol. The maximum atomic E-state index is 3.51. The molecule has 0 amide bonds. The van der Waals surface area contributed by atoms with Gasteiger partial charge in [-0.3, -0.25) is 0 Å². The summed E-state index contributed by atoms with van der Waals surface area (Å²) in [5.41, 5.74) is 3.55. The predicted molar refractivity (Wildman–Crippen MR) is 86.3 cm³/mol. The summed E-state index contributed by atoms with van der Waals surface area (Å²) in [6, 6.07) is 21.2. The predicted octanol–water partition coefficient (Wildman–Crippen LogP) is 4.13. The first kappa shape index (κ1) is 13.9. The van der Waals surface area contributed by atoms with Crippen LogP contribution in [-0.4, -0.2) is 0 Å². The third-order valence-corrected chi connectivity index (χ3v) is 4.54. The van der Waals surface area contributed by atoms with Gasteiger partial charge in [0.2, 0.25) is 0 Å². The summed E-state index contributed by atoms with van der Waals surface area (Å²) in [6.45, 7) is 6.47. The SMILES string of the molecule is CC(C)(C)C#CP(c1ccccc1)c1ccccc1. The molecule has 2 aromatic carbocycles. The summed E-state index contributed by atoms with van der Waals surface area (Å²) < 4.78 is 0. The van der Waals surface area contributed by atoms with E-state index in [1.165, 1.54) is 10.6 Å². The van der Waals surface area contributed by atoms with Crippen molar-refractivity contribution in [1.29, 1.82) is 0 Å². The van der Waals surface area contributed by atoms with Gasteiger partial charge in [-0.25, -0.2) is 0 Å². The van der Waals surface area contributed by atoms with E-state index in [0.717, 1.165) is 0 Å². The van der Waals surface area contributed by atoms with E-state index in [4.69, 9.17) is 0 Å². The fourth-order valence-electron chi connectivity index (χ4n) is 1.66. The molecule has 0 aliphatic carbocycles. The van der Waals surface area contributed by atoms with Crippen molar-refractivity contribution in [2.24, 2.45) is 5.41 Å². The van der Waals surface area contributed by atoms with E-state index >= 15 is 0 Å². The molecule has 19 heavy (non-hydrogen) atoms. The van der Waals surface area contributed by atoms with Gasteiger partial charge < -0.3 is 0 Å². The highest BCUT2D eigenvalue weighted by Crippen LogP contribution is 2.32. The first-order valence-corrected chi connectivity index (χ1v) is 7.83. The molecule has 2 rings (SSSR count). The minimum atomic E-state index is -0.576. The molecule has 0 radical (unpaired) electrons. The van der Waals surface area contributed by atoms with Gasteiger partial charge in [-0.1, -0.05) is 72.2 Å². The topological polar surface area (TPSA) is 0 Å². The van der Waals surface area contributed by atoms with Gasteiger partial charge in [-0.2, -0.15) is 0 Å². The van der Waals surface area contributed by atoms with Crippen molar-refractivity contribution in [2.75, 3.05) is 0 Å². The Morgan fingerprint density at radius 3 is 1.53 bits per heavy atom. The Hall–Kier alpha value is -1.57. The highest BCUT2D eigenvalue weighted by atomic mass is 31.1. The Morgan fingerprint density at radius 2 is 1.16 bits per heavy atom. The van der Waals surface area contributed by atoms with E-state index in [9.17, 15) is 0 Å². The molecule has 0 unspecified atom stereocenters. The van der Waals surface area contributed by atoms with Crippen LogP contribution in [0.25, 0.3) is 0 Å². The Kier molecular flexibility index (Phi) is 4.41. The van der Waals surface area contributed by atoms with E-state index in [2.05, 4.69) is 93.0 Å². The minimum Gasteiger partial charge on any atom is -0.0920 e. The second kappa shape index (κ2) is 6.05. The molecule has 2 aromatic rings. The average molecular weight is 266 g/mol. The number of hydrogen-bond donors (Lipinski definition) is 0. The van der Waals surface area contributed by atoms with Crippen LogP contribution in [0.3, 0.4) is 0 Å². The fourth-order valence-corrected chi connectivity index (χ4v) is 3.60. The lowest BCUT2D eigenvalue weighted by atomic mass is 9.99. The van der Waals surface area contributed by atoms with Crippen molar-refractivity contribution < 1.29 is 0 Å². The molecule has 0 saturated heterocycles. The third-order valence-electron chi connectivity index (χ3n) is 2.57. The van der Waals surface area contributed by atoms with E-state index in [1.807, 2.05) is 0 Å². The molecule has 0 N–H and O–H groups in total. The highest BCUT2D eigenvalue weighted by Gasteiger charge is 2.12. The smallest absolute Gasteiger partial charge is 0.0344 e. The lowest BCUT2D eigenvalue weighted by Crippen LogP contribution is -2.10. The summed E-state index contributed by atoms with van der Waals surface area (Å²) in [6.07, 6.45) is 0. The highest BCUT2D eigenvalue weighted by molar-refractivity contribution is 7.77. The molecule has 0 saturated carbocycles. The van der Waals surface area contributed by atoms with Crippen molar-refractivity contribution in [3.8, 4) is 11.6 Å². The zero-order chi connectivity index (χ0) is 13.7. The third kappa shape index (κ3) is 4.23. The van der Waals surface area contributed by atoms with E-state index in [0.29, 0.717) is 0 Å². The number of hydrogen-bond acceptors (Lipinski definition) is 0. The maximum Gasteiger partial charge on any atom is 0.0344 e. The van der Waals surface area contributed by atoms with E-state index in [-0.39, 0.29) is 5.41 Å². The quantitative estimate of drug-likeness (QED) is 0.566. The Bertz CT molecular complexity index is 528. The number of benzene rings is 2. The summed E-state index contributed by atoms with van der Waals surface area (Å²) in [5, 5.41) is 2.64. The average Bonchev–Trinajstić information content (AvgIpc) is 2.40. The van der Waals surface area contributed by atoms with Crippen LogP contribution in [0.4, 0.5) is 0 Å². The zero-order valence-electron chi connectivity index (χ0n) is 11.7. The molecule has 0 heterocycles. The molecule has 0 spiro atoms. The molecule has 0 aliphatic heterocycles. The Balaban J connectivity index is 2.42. The van der Waals surface area contributed by atoms with Crippen LogP contribution in [0.2, 0.25) is 0 Å². The second-order valence-corrected chi connectivity index (χ2v) is 7.42. The molecule has 0 nitrogen and oxygen atoms in total. The molecule has 0 aromatic heterocycles. The van der Waals surface area contributed by atoms with Gasteiger partial charge in [0.05, 0.1) is 0 Å². The Labute approximate surface area is 117 Å². The van der Waals surface area contributed by atoms with Gasteiger partial charge >= 0.3 is 0 Å². The normalized spacial score (nSPS) is 10.9. The summed E-state index contributed by atoms with van der Waals surface area (Å²) in [5.74, 6) is 3.40. The van der Waals surface area contributed by atoms with Gasteiger partial charge in [0.25, 0.3) is 0 Å². The Morgan fingerprint density at radius 1 is 0.737 bits per heavy atom. The van der Waals surface area contributed by atoms with Gasteiger partial charge in [-0.05, 0) is 31.4 Å². The lowest BCUT2D eigenvalue weighted by Gasteiger charge is -2.14. The zero-order valence-corrected chi connectivity index (χ0v) is 12.6. The standard InChI is InChI=1S/C18H19P/c1-18(2,3)14-15-19(16-10-6-4-7-11-16)17-12-8-5-9-13-17/h4-13H,1-3H3. The fraction of sp³-hybridized carbons (Fsp3) is 0.222. The summed E-state index contributed by atoms with van der Waals surface area (Å²) in [7, 11) is -0.576. The summed E-state index contributed by atoms with van der Waals surface area (Å²) >= 11 is 0. The molecule has 0 fully saturated rings. The minimum absolute atomic E-state index is 0.0458. The first-order chi connectivity index (χ1) is 9.06. The lowest BCUT2D eigenvalue weighted by molar-refractivity contribution is 0.571. The maximum absolute atomic E-state index is 3.51. The van der Waals surface area contributed by atoms with Crippen LogP contribution in [0.15, 0.2) is 60.7 Å². The van der Waals surface area contributed by atoms with Crippen LogP contribution in [0, 0.1) is 17.0 Å². The first-order valence-electron chi connectivity index (χ1n) is 6.49. The van der Waals surface area contributed by atoms with Crippen molar-refractivity contribution in [2.45, 2.75) is 20.8 Å². The molecule has 0 bridgehead atoms. The van der Waals surface area contributed by atoms with Gasteiger partial charge in [0.1, 0.15) is 0 Å². The summed E-state index contributed by atoms with van der Waals surface area (Å²) in [4.78, 5) is 0. The van der Waals surface area contributed by atoms with Crippen LogP contribution in [0.5, 0.6) is 0 Å². The van der Waals surface area contributed by atoms with E-state index in [1.54, 1.807) is 0 Å².